The fourth-order valence-electron chi connectivity index (χ4n) is 1.81. The highest BCUT2D eigenvalue weighted by Gasteiger charge is 2.25. The van der Waals surface area contributed by atoms with E-state index in [1.165, 1.54) is 11.8 Å². The van der Waals surface area contributed by atoms with Gasteiger partial charge in [-0.15, -0.1) is 5.10 Å². The first-order valence-electron chi connectivity index (χ1n) is 6.78. The van der Waals surface area contributed by atoms with Crippen LogP contribution in [0, 0.1) is 5.92 Å². The van der Waals surface area contributed by atoms with Gasteiger partial charge in [0.15, 0.2) is 0 Å². The summed E-state index contributed by atoms with van der Waals surface area (Å²) in [7, 11) is 1.77. The highest BCUT2D eigenvalue weighted by Crippen LogP contribution is 2.25. The molecule has 1 amide bonds. The summed E-state index contributed by atoms with van der Waals surface area (Å²) in [5.74, 6) is 0.185. The second kappa shape index (κ2) is 7.21. The van der Waals surface area contributed by atoms with E-state index in [1.54, 1.807) is 11.7 Å². The Bertz CT molecular complexity index is 584. The third kappa shape index (κ3) is 4.29. The monoisotopic (exact) mass is 305 g/mol. The van der Waals surface area contributed by atoms with Gasteiger partial charge in [-0.25, -0.2) is 4.68 Å². The van der Waals surface area contributed by atoms with E-state index in [1.807, 2.05) is 44.2 Å². The van der Waals surface area contributed by atoms with E-state index in [4.69, 9.17) is 0 Å². The van der Waals surface area contributed by atoms with Crippen LogP contribution >= 0.6 is 11.8 Å². The van der Waals surface area contributed by atoms with Crippen molar-refractivity contribution < 1.29 is 4.79 Å². The molecule has 0 unspecified atom stereocenters. The first-order valence-corrected chi connectivity index (χ1v) is 7.66. The SMILES string of the molecule is CC(C)[C@@H](Sc1nnnn1C)C(=O)NCc1ccccc1. The number of thioether (sulfide) groups is 1. The largest absolute Gasteiger partial charge is 0.351 e. The van der Waals surface area contributed by atoms with Crippen LogP contribution in [0.2, 0.25) is 0 Å². The fourth-order valence-corrected chi connectivity index (χ4v) is 2.78. The van der Waals surface area contributed by atoms with Crippen LogP contribution in [0.25, 0.3) is 0 Å². The molecule has 112 valence electrons. The first-order chi connectivity index (χ1) is 10.1. The van der Waals surface area contributed by atoms with Crippen LogP contribution in [0.4, 0.5) is 0 Å². The van der Waals surface area contributed by atoms with Crippen molar-refractivity contribution in [1.82, 2.24) is 25.5 Å². The highest BCUT2D eigenvalue weighted by atomic mass is 32.2. The Kier molecular flexibility index (Phi) is 5.32. The molecular formula is C14H19N5OS. The second-order valence-electron chi connectivity index (χ2n) is 5.07. The molecule has 0 aliphatic rings. The highest BCUT2D eigenvalue weighted by molar-refractivity contribution is 8.00. The summed E-state index contributed by atoms with van der Waals surface area (Å²) in [6.45, 7) is 4.56. The number of hydrogen-bond acceptors (Lipinski definition) is 5. The minimum Gasteiger partial charge on any atom is -0.351 e. The van der Waals surface area contributed by atoms with Gasteiger partial charge in [-0.2, -0.15) is 0 Å². The second-order valence-corrected chi connectivity index (χ2v) is 6.18. The summed E-state index contributed by atoms with van der Waals surface area (Å²) in [5.41, 5.74) is 1.08. The van der Waals surface area contributed by atoms with Crippen LogP contribution in [0.3, 0.4) is 0 Å². The molecule has 0 radical (unpaired) electrons. The van der Waals surface area contributed by atoms with Crippen molar-refractivity contribution in [2.24, 2.45) is 13.0 Å². The van der Waals surface area contributed by atoms with Crippen LogP contribution < -0.4 is 5.32 Å². The quantitative estimate of drug-likeness (QED) is 0.821. The summed E-state index contributed by atoms with van der Waals surface area (Å²) < 4.78 is 1.57. The van der Waals surface area contributed by atoms with Crippen molar-refractivity contribution in [2.75, 3.05) is 0 Å². The molecule has 0 saturated heterocycles. The molecule has 0 aliphatic carbocycles. The predicted octanol–water partition coefficient (Wildman–Crippen LogP) is 1.64. The molecule has 7 heteroatoms. The maximum atomic E-state index is 12.4. The number of nitrogens with zero attached hydrogens (tertiary/aromatic N) is 4. The number of rotatable bonds is 6. The number of tetrazole rings is 1. The average Bonchev–Trinajstić information content (AvgIpc) is 2.88. The van der Waals surface area contributed by atoms with Gasteiger partial charge < -0.3 is 5.32 Å². The van der Waals surface area contributed by atoms with Gasteiger partial charge >= 0.3 is 0 Å². The van der Waals surface area contributed by atoms with Gasteiger partial charge in [-0.05, 0) is 21.9 Å². The minimum absolute atomic E-state index is 0.00172. The van der Waals surface area contributed by atoms with Crippen molar-refractivity contribution in [2.45, 2.75) is 30.8 Å². The standard InChI is InChI=1S/C14H19N5OS/c1-10(2)12(21-14-16-17-18-19(14)3)13(20)15-9-11-7-5-4-6-8-11/h4-8,10,12H,9H2,1-3H3,(H,15,20)/t12-/m1/s1. The molecule has 0 spiro atoms. The molecule has 0 bridgehead atoms. The van der Waals surface area contributed by atoms with Crippen molar-refractivity contribution in [3.8, 4) is 0 Å². The van der Waals surface area contributed by atoms with E-state index >= 15 is 0 Å². The number of nitrogens with one attached hydrogen (secondary N) is 1. The molecule has 1 heterocycles. The molecule has 1 atom stereocenters. The molecule has 1 aromatic carbocycles. The number of aryl methyl sites for hydroxylation is 1. The smallest absolute Gasteiger partial charge is 0.234 e. The first kappa shape index (κ1) is 15.5. The van der Waals surface area contributed by atoms with Gasteiger partial charge in [-0.3, -0.25) is 4.79 Å². The number of carbonyl (C=O) groups is 1. The van der Waals surface area contributed by atoms with Gasteiger partial charge in [0.25, 0.3) is 0 Å². The molecule has 0 fully saturated rings. The lowest BCUT2D eigenvalue weighted by atomic mass is 10.1. The average molecular weight is 305 g/mol. The number of aromatic nitrogens is 4. The maximum absolute atomic E-state index is 12.4. The lowest BCUT2D eigenvalue weighted by Crippen LogP contribution is -2.35. The van der Waals surface area contributed by atoms with E-state index in [9.17, 15) is 4.79 Å². The summed E-state index contributed by atoms with van der Waals surface area (Å²) >= 11 is 1.39. The molecule has 2 aromatic rings. The topological polar surface area (TPSA) is 72.7 Å². The normalized spacial score (nSPS) is 12.4. The summed E-state index contributed by atoms with van der Waals surface area (Å²) in [5, 5.41) is 14.7. The molecule has 0 saturated carbocycles. The number of benzene rings is 1. The predicted molar refractivity (Wildman–Crippen MR) is 81.6 cm³/mol. The third-order valence-corrected chi connectivity index (χ3v) is 4.56. The zero-order chi connectivity index (χ0) is 15.2. The van der Waals surface area contributed by atoms with Crippen molar-refractivity contribution in [1.29, 1.82) is 0 Å². The van der Waals surface area contributed by atoms with Gasteiger partial charge in [-0.1, -0.05) is 55.9 Å². The molecule has 21 heavy (non-hydrogen) atoms. The zero-order valence-electron chi connectivity index (χ0n) is 12.4. The fraction of sp³-hybridized carbons (Fsp3) is 0.429. The Balaban J connectivity index is 1.98. The molecular weight excluding hydrogens is 286 g/mol. The van der Waals surface area contributed by atoms with Gasteiger partial charge in [0, 0.05) is 13.6 Å². The number of hydrogen-bond donors (Lipinski definition) is 1. The lowest BCUT2D eigenvalue weighted by Gasteiger charge is -2.18. The molecule has 1 N–H and O–H groups in total. The van der Waals surface area contributed by atoms with Crippen molar-refractivity contribution in [3.63, 3.8) is 0 Å². The summed E-state index contributed by atoms with van der Waals surface area (Å²) in [6, 6.07) is 9.86. The van der Waals surface area contributed by atoms with Gasteiger partial charge in [0.2, 0.25) is 11.1 Å². The van der Waals surface area contributed by atoms with E-state index in [2.05, 4.69) is 20.8 Å². The molecule has 0 aliphatic heterocycles. The number of amides is 1. The lowest BCUT2D eigenvalue weighted by molar-refractivity contribution is -0.121. The van der Waals surface area contributed by atoms with Gasteiger partial charge in [0.05, 0.1) is 5.25 Å². The van der Waals surface area contributed by atoms with Crippen LogP contribution in [-0.4, -0.2) is 31.4 Å². The Morgan fingerprint density at radius 3 is 2.62 bits per heavy atom. The summed E-state index contributed by atoms with van der Waals surface area (Å²) in [6.07, 6.45) is 0. The molecule has 6 nitrogen and oxygen atoms in total. The van der Waals surface area contributed by atoms with Crippen LogP contribution in [0.1, 0.15) is 19.4 Å². The Labute approximate surface area is 128 Å². The van der Waals surface area contributed by atoms with E-state index < -0.39 is 0 Å². The Morgan fingerprint density at radius 2 is 2.05 bits per heavy atom. The Hall–Kier alpha value is -1.89. The van der Waals surface area contributed by atoms with E-state index in [-0.39, 0.29) is 17.1 Å². The van der Waals surface area contributed by atoms with Crippen LogP contribution in [0.5, 0.6) is 0 Å². The van der Waals surface area contributed by atoms with Gasteiger partial charge in [0.1, 0.15) is 0 Å². The van der Waals surface area contributed by atoms with Crippen molar-refractivity contribution in [3.05, 3.63) is 35.9 Å². The molecule has 2 rings (SSSR count). The minimum atomic E-state index is -0.224. The number of carbonyl (C=O) groups excluding carboxylic acids is 1. The third-order valence-electron chi connectivity index (χ3n) is 2.99. The van der Waals surface area contributed by atoms with E-state index in [0.29, 0.717) is 11.7 Å². The van der Waals surface area contributed by atoms with Crippen molar-refractivity contribution >= 4 is 17.7 Å². The maximum Gasteiger partial charge on any atom is 0.234 e. The Morgan fingerprint density at radius 1 is 1.33 bits per heavy atom. The van der Waals surface area contributed by atoms with Crippen LogP contribution in [0.15, 0.2) is 35.5 Å². The molecule has 1 aromatic heterocycles. The zero-order valence-corrected chi connectivity index (χ0v) is 13.2. The summed E-state index contributed by atoms with van der Waals surface area (Å²) in [4.78, 5) is 12.4. The van der Waals surface area contributed by atoms with Crippen LogP contribution in [-0.2, 0) is 18.4 Å². The van der Waals surface area contributed by atoms with E-state index in [0.717, 1.165) is 5.56 Å².